The van der Waals surface area contributed by atoms with E-state index in [4.69, 9.17) is 9.90 Å². The average molecular weight is 725 g/mol. The first-order valence-corrected chi connectivity index (χ1v) is 16.5. The van der Waals surface area contributed by atoms with Crippen molar-refractivity contribution in [2.24, 2.45) is 13.0 Å². The van der Waals surface area contributed by atoms with Gasteiger partial charge in [-0.2, -0.15) is 18.3 Å². The molecule has 52 heavy (non-hydrogen) atoms. The lowest BCUT2D eigenvalue weighted by molar-refractivity contribution is -0.141. The maximum atomic E-state index is 14.1. The van der Waals surface area contributed by atoms with E-state index >= 15 is 0 Å². The summed E-state index contributed by atoms with van der Waals surface area (Å²) in [7, 11) is 3.14. The minimum atomic E-state index is -4.78. The van der Waals surface area contributed by atoms with E-state index in [1.54, 1.807) is 43.1 Å². The number of piperidine rings is 1. The number of hydrogen-bond donors (Lipinski definition) is 4. The Hall–Kier alpha value is -5.78. The summed E-state index contributed by atoms with van der Waals surface area (Å²) in [6, 6.07) is 8.07. The van der Waals surface area contributed by atoms with Crippen LogP contribution in [0.3, 0.4) is 0 Å². The molecule has 0 atom stereocenters. The van der Waals surface area contributed by atoms with E-state index in [1.807, 2.05) is 4.90 Å². The highest BCUT2D eigenvalue weighted by atomic mass is 19.4. The van der Waals surface area contributed by atoms with E-state index in [0.717, 1.165) is 30.6 Å². The van der Waals surface area contributed by atoms with E-state index in [9.17, 15) is 27.6 Å². The topological polar surface area (TPSA) is 180 Å². The first-order valence-electron chi connectivity index (χ1n) is 16.5. The van der Waals surface area contributed by atoms with Crippen LogP contribution in [0.1, 0.15) is 45.1 Å². The van der Waals surface area contributed by atoms with Crippen molar-refractivity contribution in [3.63, 3.8) is 0 Å². The van der Waals surface area contributed by atoms with Crippen molar-refractivity contribution < 1.29 is 37.5 Å². The van der Waals surface area contributed by atoms with Crippen molar-refractivity contribution in [1.82, 2.24) is 39.4 Å². The number of aryl methyl sites for hydroxylation is 1. The van der Waals surface area contributed by atoms with Gasteiger partial charge in [-0.25, -0.2) is 14.6 Å². The molecule has 4 aromatic rings. The number of rotatable bonds is 7. The summed E-state index contributed by atoms with van der Waals surface area (Å²) in [6.07, 6.45) is 0.742. The first kappa shape index (κ1) is 37.5. The molecule has 2 aliphatic heterocycles. The molecule has 2 fully saturated rings. The molecule has 0 unspecified atom stereocenters. The highest BCUT2D eigenvalue weighted by Gasteiger charge is 2.39. The minimum absolute atomic E-state index is 0.0326. The number of alkyl halides is 3. The number of pyridine rings is 1. The van der Waals surface area contributed by atoms with E-state index < -0.39 is 17.8 Å². The molecule has 15 nitrogen and oxygen atoms in total. The molecule has 2 saturated heterocycles. The number of amides is 3. The fourth-order valence-electron chi connectivity index (χ4n) is 6.22. The van der Waals surface area contributed by atoms with Crippen LogP contribution < -0.4 is 16.0 Å². The quantitative estimate of drug-likeness (QED) is 0.207. The minimum Gasteiger partial charge on any atom is -0.483 e. The SMILES string of the molecule is CNc1ccc(-n2cc(-c3cnc(C(=O)Nc4ccc(C(=O)N5CCN(C(=O)C6CCNCC6)CC5)c(C)c4)n3C)c(C(F)(F)F)n2)nc1.O=CO. The van der Waals surface area contributed by atoms with Gasteiger partial charge in [-0.1, -0.05) is 0 Å². The van der Waals surface area contributed by atoms with Gasteiger partial charge in [0.25, 0.3) is 18.3 Å². The van der Waals surface area contributed by atoms with E-state index in [2.05, 4.69) is 31.0 Å². The smallest absolute Gasteiger partial charge is 0.435 e. The van der Waals surface area contributed by atoms with Gasteiger partial charge in [0.1, 0.15) is 0 Å². The number of hydrogen-bond acceptors (Lipinski definition) is 9. The second kappa shape index (κ2) is 16.1. The number of carbonyl (C=O) groups excluding carboxylic acids is 3. The van der Waals surface area contributed by atoms with Gasteiger partial charge in [0.2, 0.25) is 5.91 Å². The Kier molecular flexibility index (Phi) is 11.6. The Morgan fingerprint density at radius 3 is 2.23 bits per heavy atom. The Morgan fingerprint density at radius 2 is 1.63 bits per heavy atom. The van der Waals surface area contributed by atoms with Crippen LogP contribution in [0.25, 0.3) is 17.1 Å². The summed E-state index contributed by atoms with van der Waals surface area (Å²) < 4.78 is 44.5. The molecule has 3 amide bonds. The highest BCUT2D eigenvalue weighted by molar-refractivity contribution is 6.03. The number of aromatic nitrogens is 5. The third-order valence-electron chi connectivity index (χ3n) is 9.00. The molecule has 3 aromatic heterocycles. The van der Waals surface area contributed by atoms with Gasteiger partial charge in [-0.15, -0.1) is 0 Å². The maximum Gasteiger partial charge on any atom is 0.435 e. The molecular weight excluding hydrogens is 685 g/mol. The summed E-state index contributed by atoms with van der Waals surface area (Å²) in [6.45, 7) is 5.03. The number of nitrogens with one attached hydrogen (secondary N) is 3. The molecule has 1 aromatic carbocycles. The number of halogens is 3. The zero-order chi connectivity index (χ0) is 37.6. The monoisotopic (exact) mass is 724 g/mol. The summed E-state index contributed by atoms with van der Waals surface area (Å²) >= 11 is 0. The molecule has 0 saturated carbocycles. The molecule has 6 rings (SSSR count). The van der Waals surface area contributed by atoms with Crippen LogP contribution in [0, 0.1) is 12.8 Å². The van der Waals surface area contributed by atoms with Crippen LogP contribution in [0.4, 0.5) is 24.5 Å². The predicted octanol–water partition coefficient (Wildman–Crippen LogP) is 3.27. The number of nitrogens with zero attached hydrogens (tertiary/aromatic N) is 7. The normalized spacial score (nSPS) is 15.0. The number of benzene rings is 1. The van der Waals surface area contributed by atoms with Gasteiger partial charge in [0.05, 0.1) is 29.3 Å². The third kappa shape index (κ3) is 8.22. The molecule has 5 heterocycles. The van der Waals surface area contributed by atoms with Crippen molar-refractivity contribution in [3.05, 3.63) is 71.6 Å². The zero-order valence-electron chi connectivity index (χ0n) is 28.8. The lowest BCUT2D eigenvalue weighted by atomic mass is 9.96. The van der Waals surface area contributed by atoms with Gasteiger partial charge in [-0.05, 0) is 68.8 Å². The van der Waals surface area contributed by atoms with Crippen LogP contribution in [0.5, 0.6) is 0 Å². The fraction of sp³-hybridized carbons (Fsp3) is 0.382. The molecule has 0 aliphatic carbocycles. The number of imidazole rings is 1. The lowest BCUT2D eigenvalue weighted by Gasteiger charge is -2.37. The number of carbonyl (C=O) groups is 4. The molecule has 276 valence electrons. The lowest BCUT2D eigenvalue weighted by Crippen LogP contribution is -2.52. The van der Waals surface area contributed by atoms with Gasteiger partial charge in [-0.3, -0.25) is 19.2 Å². The molecule has 4 N–H and O–H groups in total. The number of anilines is 2. The fourth-order valence-corrected chi connectivity index (χ4v) is 6.22. The molecule has 0 radical (unpaired) electrons. The summed E-state index contributed by atoms with van der Waals surface area (Å²) in [5.41, 5.74) is 0.800. The van der Waals surface area contributed by atoms with Crippen LogP contribution in [0.2, 0.25) is 0 Å². The van der Waals surface area contributed by atoms with Gasteiger partial charge >= 0.3 is 6.18 Å². The number of piperazine rings is 1. The molecule has 0 spiro atoms. The Bertz CT molecular complexity index is 1910. The third-order valence-corrected chi connectivity index (χ3v) is 9.00. The standard InChI is InChI=1S/C33H37F3N10O3.CH2O2/c1-20-16-22(4-6-24(20)32(49)45-14-12-44(13-15-45)31(48)21-8-10-38-11-9-21)41-30(47)29-40-18-26(43(29)3)25-19-46(42-28(25)33(34,35)36)27-7-5-23(37-2)17-39-27;2-1-3/h4-7,16-19,21,37-38H,8-15H2,1-3H3,(H,41,47);1H,(H,2,3). The summed E-state index contributed by atoms with van der Waals surface area (Å²) in [5.74, 6) is -0.556. The van der Waals surface area contributed by atoms with Crippen LogP contribution in [-0.4, -0.2) is 110 Å². The second-order valence-electron chi connectivity index (χ2n) is 12.2. The Labute approximate surface area is 296 Å². The molecule has 18 heteroatoms. The van der Waals surface area contributed by atoms with E-state index in [1.165, 1.54) is 36.3 Å². The second-order valence-corrected chi connectivity index (χ2v) is 12.2. The maximum absolute atomic E-state index is 14.1. The predicted molar refractivity (Wildman–Crippen MR) is 184 cm³/mol. The Morgan fingerprint density at radius 1 is 0.981 bits per heavy atom. The van der Waals surface area contributed by atoms with Gasteiger partial charge in [0.15, 0.2) is 17.3 Å². The van der Waals surface area contributed by atoms with Gasteiger partial charge < -0.3 is 35.4 Å². The molecule has 2 aliphatic rings. The molecular formula is C34H39F3N10O5. The van der Waals surface area contributed by atoms with Crippen molar-refractivity contribution in [2.75, 3.05) is 56.9 Å². The van der Waals surface area contributed by atoms with Crippen molar-refractivity contribution in [1.29, 1.82) is 0 Å². The van der Waals surface area contributed by atoms with Crippen LogP contribution in [0.15, 0.2) is 48.9 Å². The first-order chi connectivity index (χ1) is 24.9. The van der Waals surface area contributed by atoms with Crippen molar-refractivity contribution in [2.45, 2.75) is 25.9 Å². The van der Waals surface area contributed by atoms with Gasteiger partial charge in [0, 0.05) is 63.6 Å². The molecule has 0 bridgehead atoms. The zero-order valence-corrected chi connectivity index (χ0v) is 28.8. The summed E-state index contributed by atoms with van der Waals surface area (Å²) in [5, 5.41) is 19.6. The van der Waals surface area contributed by atoms with Crippen molar-refractivity contribution >= 4 is 35.6 Å². The number of carboxylic acid groups (broad SMARTS) is 1. The van der Waals surface area contributed by atoms with E-state index in [-0.39, 0.29) is 47.1 Å². The Balaban J connectivity index is 0.00000168. The van der Waals surface area contributed by atoms with Crippen LogP contribution >= 0.6 is 0 Å². The van der Waals surface area contributed by atoms with Crippen LogP contribution in [-0.2, 0) is 22.8 Å². The van der Waals surface area contributed by atoms with Crippen molar-refractivity contribution in [3.8, 4) is 17.1 Å². The summed E-state index contributed by atoms with van der Waals surface area (Å²) in [4.78, 5) is 59.8. The average Bonchev–Trinajstić information content (AvgIpc) is 3.76. The highest BCUT2D eigenvalue weighted by Crippen LogP contribution is 2.37. The van der Waals surface area contributed by atoms with E-state index in [0.29, 0.717) is 48.7 Å². The largest absolute Gasteiger partial charge is 0.483 e.